The molecule has 0 bridgehead atoms. The molecule has 1 aliphatic rings. The van der Waals surface area contributed by atoms with Crippen molar-refractivity contribution in [2.45, 2.75) is 38.9 Å². The Kier molecular flexibility index (Phi) is 3.15. The maximum absolute atomic E-state index is 13.8. The van der Waals surface area contributed by atoms with Crippen LogP contribution in [0.4, 0.5) is 13.2 Å². The van der Waals surface area contributed by atoms with Gasteiger partial charge in [-0.25, -0.2) is 13.2 Å². The summed E-state index contributed by atoms with van der Waals surface area (Å²) in [5, 5.41) is 0. The van der Waals surface area contributed by atoms with E-state index in [9.17, 15) is 13.2 Å². The molecule has 2 nitrogen and oxygen atoms in total. The van der Waals surface area contributed by atoms with Crippen molar-refractivity contribution in [1.82, 2.24) is 4.90 Å². The number of hydrogen-bond donors (Lipinski definition) is 1. The van der Waals surface area contributed by atoms with E-state index in [-0.39, 0.29) is 30.2 Å². The Balaban J connectivity index is 2.55. The van der Waals surface area contributed by atoms with Crippen molar-refractivity contribution in [3.8, 4) is 0 Å². The van der Waals surface area contributed by atoms with Crippen molar-refractivity contribution < 1.29 is 13.2 Å². The van der Waals surface area contributed by atoms with Crippen LogP contribution >= 0.6 is 0 Å². The molecule has 1 heterocycles. The molecule has 1 aromatic carbocycles. The van der Waals surface area contributed by atoms with E-state index < -0.39 is 17.5 Å². The lowest BCUT2D eigenvalue weighted by molar-refractivity contribution is 0.0942. The van der Waals surface area contributed by atoms with Crippen LogP contribution in [0.1, 0.15) is 37.9 Å². The molecular formula is C13H17F3N2. The number of hydrogen-bond acceptors (Lipinski definition) is 2. The lowest BCUT2D eigenvalue weighted by Gasteiger charge is -2.36. The van der Waals surface area contributed by atoms with Gasteiger partial charge in [-0.2, -0.15) is 0 Å². The van der Waals surface area contributed by atoms with Gasteiger partial charge in [-0.05, 0) is 32.4 Å². The minimum atomic E-state index is -1.40. The highest BCUT2D eigenvalue weighted by atomic mass is 19.2. The first-order valence-electron chi connectivity index (χ1n) is 5.90. The zero-order valence-corrected chi connectivity index (χ0v) is 10.7. The van der Waals surface area contributed by atoms with E-state index in [1.165, 1.54) is 0 Å². The molecule has 18 heavy (non-hydrogen) atoms. The van der Waals surface area contributed by atoms with Crippen molar-refractivity contribution >= 4 is 0 Å². The average Bonchev–Trinajstić information content (AvgIpc) is 2.64. The molecule has 0 aliphatic carbocycles. The average molecular weight is 258 g/mol. The van der Waals surface area contributed by atoms with Crippen molar-refractivity contribution in [2.75, 3.05) is 6.54 Å². The molecule has 0 aromatic heterocycles. The molecule has 0 saturated heterocycles. The van der Waals surface area contributed by atoms with Gasteiger partial charge in [0.1, 0.15) is 0 Å². The van der Waals surface area contributed by atoms with E-state index >= 15 is 0 Å². The topological polar surface area (TPSA) is 29.3 Å². The lowest BCUT2D eigenvalue weighted by Crippen LogP contribution is -2.42. The van der Waals surface area contributed by atoms with Crippen molar-refractivity contribution in [1.29, 1.82) is 0 Å². The summed E-state index contributed by atoms with van der Waals surface area (Å²) >= 11 is 0. The van der Waals surface area contributed by atoms with Crippen LogP contribution < -0.4 is 5.73 Å². The monoisotopic (exact) mass is 258 g/mol. The summed E-state index contributed by atoms with van der Waals surface area (Å²) in [6.07, 6.45) is 0. The predicted octanol–water partition coefficient (Wildman–Crippen LogP) is 2.72. The van der Waals surface area contributed by atoms with Crippen molar-refractivity contribution in [3.05, 3.63) is 34.6 Å². The van der Waals surface area contributed by atoms with Gasteiger partial charge in [-0.15, -0.1) is 0 Å². The van der Waals surface area contributed by atoms with E-state index in [2.05, 4.69) is 0 Å². The molecule has 2 N–H and O–H groups in total. The molecule has 0 fully saturated rings. The molecule has 2 rings (SSSR count). The smallest absolute Gasteiger partial charge is 0.194 e. The van der Waals surface area contributed by atoms with Crippen molar-refractivity contribution in [2.24, 2.45) is 5.73 Å². The van der Waals surface area contributed by atoms with Crippen LogP contribution in [0.25, 0.3) is 0 Å². The van der Waals surface area contributed by atoms with Crippen LogP contribution in [0, 0.1) is 17.5 Å². The van der Waals surface area contributed by atoms with E-state index in [1.807, 2.05) is 25.7 Å². The summed E-state index contributed by atoms with van der Waals surface area (Å²) in [6, 6.07) is 0.793. The first-order valence-corrected chi connectivity index (χ1v) is 5.90. The fourth-order valence-corrected chi connectivity index (χ4v) is 2.52. The molecule has 1 aromatic rings. The summed E-state index contributed by atoms with van der Waals surface area (Å²) < 4.78 is 40.3. The Morgan fingerprint density at radius 1 is 1.28 bits per heavy atom. The zero-order valence-electron chi connectivity index (χ0n) is 10.7. The Hall–Kier alpha value is -1.07. The number of benzene rings is 1. The van der Waals surface area contributed by atoms with Gasteiger partial charge in [0.25, 0.3) is 0 Å². The largest absolute Gasteiger partial charge is 0.329 e. The molecule has 0 saturated carbocycles. The van der Waals surface area contributed by atoms with E-state index in [1.54, 1.807) is 0 Å². The number of halogens is 3. The van der Waals surface area contributed by atoms with Crippen LogP contribution in [0.2, 0.25) is 0 Å². The summed E-state index contributed by atoms with van der Waals surface area (Å²) in [5.41, 5.74) is 6.13. The number of nitrogens with two attached hydrogens (primary N) is 1. The third-order valence-electron chi connectivity index (χ3n) is 3.45. The van der Waals surface area contributed by atoms with E-state index in [0.717, 1.165) is 6.07 Å². The third-order valence-corrected chi connectivity index (χ3v) is 3.45. The Labute approximate surface area is 105 Å². The van der Waals surface area contributed by atoms with Crippen LogP contribution in [0.3, 0.4) is 0 Å². The van der Waals surface area contributed by atoms with Gasteiger partial charge < -0.3 is 5.73 Å². The summed E-state index contributed by atoms with van der Waals surface area (Å²) in [5.74, 6) is -3.64. The van der Waals surface area contributed by atoms with Crippen LogP contribution in [0.15, 0.2) is 6.07 Å². The van der Waals surface area contributed by atoms with Gasteiger partial charge in [0, 0.05) is 30.2 Å². The molecule has 0 amide bonds. The Morgan fingerprint density at radius 3 is 2.39 bits per heavy atom. The Morgan fingerprint density at radius 2 is 1.89 bits per heavy atom. The fraction of sp³-hybridized carbons (Fsp3) is 0.538. The van der Waals surface area contributed by atoms with Crippen LogP contribution in [0.5, 0.6) is 0 Å². The highest BCUT2D eigenvalue weighted by molar-refractivity contribution is 5.37. The van der Waals surface area contributed by atoms with Gasteiger partial charge in [0.15, 0.2) is 17.5 Å². The first-order chi connectivity index (χ1) is 8.27. The number of nitrogens with zero attached hydrogens (tertiary/aromatic N) is 1. The predicted molar refractivity (Wildman–Crippen MR) is 63.4 cm³/mol. The number of fused-ring (bicyclic) bond motifs is 1. The first kappa shape index (κ1) is 13.4. The normalized spacial score (nSPS) is 20.3. The third kappa shape index (κ3) is 1.91. The minimum Gasteiger partial charge on any atom is -0.329 e. The van der Waals surface area contributed by atoms with Crippen LogP contribution in [-0.2, 0) is 6.54 Å². The van der Waals surface area contributed by atoms with E-state index in [0.29, 0.717) is 5.56 Å². The highest BCUT2D eigenvalue weighted by Gasteiger charge is 2.39. The minimum absolute atomic E-state index is 0.222. The second-order valence-corrected chi connectivity index (χ2v) is 5.60. The SMILES string of the molecule is CC(C)(C)N1Cc2c(cc(F)c(F)c2F)C1CN. The molecule has 0 radical (unpaired) electrons. The second-order valence-electron chi connectivity index (χ2n) is 5.60. The maximum Gasteiger partial charge on any atom is 0.194 e. The quantitative estimate of drug-likeness (QED) is 0.785. The summed E-state index contributed by atoms with van der Waals surface area (Å²) in [4.78, 5) is 1.96. The van der Waals surface area contributed by atoms with Crippen LogP contribution in [-0.4, -0.2) is 17.0 Å². The molecule has 0 spiro atoms. The molecule has 1 unspecified atom stereocenters. The molecule has 5 heteroatoms. The summed E-state index contributed by atoms with van der Waals surface area (Å²) in [6.45, 7) is 6.39. The van der Waals surface area contributed by atoms with Gasteiger partial charge in [-0.3, -0.25) is 4.90 Å². The molecular weight excluding hydrogens is 241 g/mol. The maximum atomic E-state index is 13.8. The second kappa shape index (κ2) is 4.24. The lowest BCUT2D eigenvalue weighted by atomic mass is 10.0. The zero-order chi connectivity index (χ0) is 13.7. The highest BCUT2D eigenvalue weighted by Crippen LogP contribution is 2.40. The van der Waals surface area contributed by atoms with Gasteiger partial charge in [-0.1, -0.05) is 0 Å². The fourth-order valence-electron chi connectivity index (χ4n) is 2.52. The molecule has 100 valence electrons. The van der Waals surface area contributed by atoms with Gasteiger partial charge in [0.05, 0.1) is 0 Å². The van der Waals surface area contributed by atoms with Gasteiger partial charge >= 0.3 is 0 Å². The van der Waals surface area contributed by atoms with E-state index in [4.69, 9.17) is 5.73 Å². The van der Waals surface area contributed by atoms with Crippen molar-refractivity contribution in [3.63, 3.8) is 0 Å². The molecule has 1 aliphatic heterocycles. The Bertz CT molecular complexity index is 480. The van der Waals surface area contributed by atoms with Gasteiger partial charge in [0.2, 0.25) is 0 Å². The summed E-state index contributed by atoms with van der Waals surface area (Å²) in [7, 11) is 0. The standard InChI is InChI=1S/C13H17F3N2/c1-13(2,3)18-6-8-7(10(18)5-17)4-9(14)12(16)11(8)15/h4,10H,5-6,17H2,1-3H3. The number of rotatable bonds is 1. The molecule has 1 atom stereocenters.